The smallest absolute Gasteiger partial charge is 0.255 e. The second-order valence-electron chi connectivity index (χ2n) is 6.57. The number of rotatable bonds is 9. The molecule has 0 radical (unpaired) electrons. The summed E-state index contributed by atoms with van der Waals surface area (Å²) < 4.78 is 5.09. The van der Waals surface area contributed by atoms with E-state index < -0.39 is 11.9 Å². The molecule has 0 saturated heterocycles. The van der Waals surface area contributed by atoms with Crippen LogP contribution in [0.3, 0.4) is 0 Å². The predicted molar refractivity (Wildman–Crippen MR) is 112 cm³/mol. The summed E-state index contributed by atoms with van der Waals surface area (Å²) in [6, 6.07) is 12.6. The number of benzene rings is 2. The first-order valence-corrected chi connectivity index (χ1v) is 9.59. The molecule has 1 atom stereocenters. The lowest BCUT2D eigenvalue weighted by atomic mass is 10.1. The highest BCUT2D eigenvalue weighted by molar-refractivity contribution is 6.09. The average Bonchev–Trinajstić information content (AvgIpc) is 2.74. The highest BCUT2D eigenvalue weighted by Crippen LogP contribution is 2.18. The first-order chi connectivity index (χ1) is 14.0. The summed E-state index contributed by atoms with van der Waals surface area (Å²) >= 11 is 0. The lowest BCUT2D eigenvalue weighted by molar-refractivity contribution is -0.122. The number of hydrogen-bond acceptors (Lipinski definition) is 4. The van der Waals surface area contributed by atoms with Crippen LogP contribution in [0.4, 0.5) is 5.69 Å². The molecule has 0 unspecified atom stereocenters. The predicted octanol–water partition coefficient (Wildman–Crippen LogP) is 2.98. The lowest BCUT2D eigenvalue weighted by Gasteiger charge is -2.16. The number of para-hydroxylation sites is 1. The molecule has 29 heavy (non-hydrogen) atoms. The summed E-state index contributed by atoms with van der Waals surface area (Å²) in [4.78, 5) is 37.2. The van der Waals surface area contributed by atoms with E-state index in [1.54, 1.807) is 62.6 Å². The molecule has 3 amide bonds. The van der Waals surface area contributed by atoms with Crippen molar-refractivity contribution in [1.82, 2.24) is 10.6 Å². The van der Waals surface area contributed by atoms with Gasteiger partial charge in [-0.05, 0) is 49.7 Å². The van der Waals surface area contributed by atoms with Gasteiger partial charge in [-0.1, -0.05) is 25.5 Å². The second-order valence-corrected chi connectivity index (χ2v) is 6.57. The molecule has 0 aromatic heterocycles. The van der Waals surface area contributed by atoms with Gasteiger partial charge in [-0.3, -0.25) is 14.4 Å². The van der Waals surface area contributed by atoms with Crippen LogP contribution < -0.4 is 20.7 Å². The second kappa shape index (κ2) is 10.8. The molecule has 0 bridgehead atoms. The van der Waals surface area contributed by atoms with Crippen molar-refractivity contribution in [2.45, 2.75) is 32.7 Å². The van der Waals surface area contributed by atoms with Gasteiger partial charge in [0.05, 0.1) is 18.4 Å². The summed E-state index contributed by atoms with van der Waals surface area (Å²) in [6.45, 7) is 4.23. The van der Waals surface area contributed by atoms with Gasteiger partial charge in [0.25, 0.3) is 11.8 Å². The van der Waals surface area contributed by atoms with E-state index in [0.29, 0.717) is 23.5 Å². The number of unbranched alkanes of at least 4 members (excludes halogenated alkanes) is 1. The van der Waals surface area contributed by atoms with Crippen molar-refractivity contribution < 1.29 is 19.1 Å². The Morgan fingerprint density at radius 1 is 1.00 bits per heavy atom. The van der Waals surface area contributed by atoms with Crippen LogP contribution in [-0.2, 0) is 4.79 Å². The number of carbonyl (C=O) groups excluding carboxylic acids is 3. The number of methoxy groups -OCH3 is 1. The zero-order chi connectivity index (χ0) is 21.2. The number of nitrogens with one attached hydrogen (secondary N) is 3. The fraction of sp³-hybridized carbons (Fsp3) is 0.318. The van der Waals surface area contributed by atoms with Crippen LogP contribution in [-0.4, -0.2) is 37.4 Å². The Labute approximate surface area is 170 Å². The third-order valence-corrected chi connectivity index (χ3v) is 4.34. The monoisotopic (exact) mass is 397 g/mol. The maximum absolute atomic E-state index is 12.7. The van der Waals surface area contributed by atoms with E-state index in [1.165, 1.54) is 0 Å². The molecule has 0 aliphatic carbocycles. The summed E-state index contributed by atoms with van der Waals surface area (Å²) in [7, 11) is 1.55. The number of ether oxygens (including phenoxy) is 1. The van der Waals surface area contributed by atoms with Gasteiger partial charge < -0.3 is 20.7 Å². The summed E-state index contributed by atoms with van der Waals surface area (Å²) in [5, 5.41) is 8.21. The fourth-order valence-electron chi connectivity index (χ4n) is 2.61. The van der Waals surface area contributed by atoms with Crippen LogP contribution in [0.15, 0.2) is 48.5 Å². The Morgan fingerprint density at radius 3 is 2.34 bits per heavy atom. The molecule has 2 rings (SSSR count). The van der Waals surface area contributed by atoms with Crippen LogP contribution in [0, 0.1) is 0 Å². The number of anilines is 1. The molecule has 7 heteroatoms. The molecular formula is C22H27N3O4. The largest absolute Gasteiger partial charge is 0.497 e. The Morgan fingerprint density at radius 2 is 1.69 bits per heavy atom. The first kappa shape index (κ1) is 21.9. The van der Waals surface area contributed by atoms with Crippen LogP contribution in [0.5, 0.6) is 5.75 Å². The molecule has 154 valence electrons. The van der Waals surface area contributed by atoms with Gasteiger partial charge in [-0.25, -0.2) is 0 Å². The van der Waals surface area contributed by atoms with E-state index in [9.17, 15) is 14.4 Å². The third-order valence-electron chi connectivity index (χ3n) is 4.34. The van der Waals surface area contributed by atoms with Crippen molar-refractivity contribution in [2.24, 2.45) is 0 Å². The molecule has 7 nitrogen and oxygen atoms in total. The Kier molecular flexibility index (Phi) is 8.21. The standard InChI is InChI=1S/C22H27N3O4/c1-4-5-14-23-20(26)15(2)24-22(28)18-8-6-7-9-19(18)25-21(27)16-10-12-17(29-3)13-11-16/h6-13,15H,4-5,14H2,1-3H3,(H,23,26)(H,24,28)(H,25,27)/t15-/m0/s1. The van der Waals surface area contributed by atoms with E-state index in [0.717, 1.165) is 12.8 Å². The zero-order valence-corrected chi connectivity index (χ0v) is 17.0. The van der Waals surface area contributed by atoms with Gasteiger partial charge in [0.1, 0.15) is 11.8 Å². The quantitative estimate of drug-likeness (QED) is 0.567. The summed E-state index contributed by atoms with van der Waals surface area (Å²) in [6.07, 6.45) is 1.86. The van der Waals surface area contributed by atoms with Gasteiger partial charge in [0, 0.05) is 12.1 Å². The van der Waals surface area contributed by atoms with Gasteiger partial charge in [-0.15, -0.1) is 0 Å². The van der Waals surface area contributed by atoms with E-state index in [2.05, 4.69) is 16.0 Å². The van der Waals surface area contributed by atoms with Gasteiger partial charge in [0.15, 0.2) is 0 Å². The highest BCUT2D eigenvalue weighted by Gasteiger charge is 2.19. The average molecular weight is 397 g/mol. The topological polar surface area (TPSA) is 96.5 Å². The van der Waals surface area contributed by atoms with Crippen molar-refractivity contribution in [2.75, 3.05) is 19.0 Å². The molecule has 3 N–H and O–H groups in total. The van der Waals surface area contributed by atoms with Crippen LogP contribution in [0.2, 0.25) is 0 Å². The molecule has 0 aliphatic heterocycles. The van der Waals surface area contributed by atoms with Crippen LogP contribution >= 0.6 is 0 Å². The van der Waals surface area contributed by atoms with Crippen molar-refractivity contribution in [3.63, 3.8) is 0 Å². The first-order valence-electron chi connectivity index (χ1n) is 9.59. The Bertz CT molecular complexity index is 849. The van der Waals surface area contributed by atoms with E-state index in [-0.39, 0.29) is 17.4 Å². The maximum atomic E-state index is 12.7. The number of hydrogen-bond donors (Lipinski definition) is 3. The molecule has 0 aliphatic rings. The Balaban J connectivity index is 2.05. The normalized spacial score (nSPS) is 11.3. The maximum Gasteiger partial charge on any atom is 0.255 e. The van der Waals surface area contributed by atoms with Crippen molar-refractivity contribution in [1.29, 1.82) is 0 Å². The lowest BCUT2D eigenvalue weighted by Crippen LogP contribution is -2.45. The molecular weight excluding hydrogens is 370 g/mol. The molecule has 2 aromatic carbocycles. The molecule has 2 aromatic rings. The van der Waals surface area contributed by atoms with Gasteiger partial charge >= 0.3 is 0 Å². The van der Waals surface area contributed by atoms with Crippen molar-refractivity contribution >= 4 is 23.4 Å². The Hall–Kier alpha value is -3.35. The highest BCUT2D eigenvalue weighted by atomic mass is 16.5. The molecule has 0 fully saturated rings. The number of carbonyl (C=O) groups is 3. The SMILES string of the molecule is CCCCNC(=O)[C@H](C)NC(=O)c1ccccc1NC(=O)c1ccc(OC)cc1. The minimum absolute atomic E-state index is 0.244. The van der Waals surface area contributed by atoms with E-state index in [1.807, 2.05) is 6.92 Å². The molecule has 0 saturated carbocycles. The van der Waals surface area contributed by atoms with Crippen molar-refractivity contribution in [3.05, 3.63) is 59.7 Å². The zero-order valence-electron chi connectivity index (χ0n) is 17.0. The molecule has 0 spiro atoms. The van der Waals surface area contributed by atoms with E-state index in [4.69, 9.17) is 4.74 Å². The van der Waals surface area contributed by atoms with Crippen LogP contribution in [0.1, 0.15) is 47.4 Å². The molecule has 0 heterocycles. The minimum Gasteiger partial charge on any atom is -0.497 e. The van der Waals surface area contributed by atoms with Gasteiger partial charge in [-0.2, -0.15) is 0 Å². The van der Waals surface area contributed by atoms with E-state index >= 15 is 0 Å². The summed E-state index contributed by atoms with van der Waals surface area (Å²) in [5.74, 6) is -0.383. The van der Waals surface area contributed by atoms with Crippen molar-refractivity contribution in [3.8, 4) is 5.75 Å². The number of amides is 3. The third kappa shape index (κ3) is 6.34. The minimum atomic E-state index is -0.690. The van der Waals surface area contributed by atoms with Crippen LogP contribution in [0.25, 0.3) is 0 Å². The fourth-order valence-corrected chi connectivity index (χ4v) is 2.61. The van der Waals surface area contributed by atoms with Gasteiger partial charge in [0.2, 0.25) is 5.91 Å². The summed E-state index contributed by atoms with van der Waals surface area (Å²) in [5.41, 5.74) is 1.08.